The Balaban J connectivity index is 1.98. The second kappa shape index (κ2) is 7.44. The van der Waals surface area contributed by atoms with Crippen LogP contribution in [-0.2, 0) is 0 Å². The normalized spacial score (nSPS) is 18.8. The van der Waals surface area contributed by atoms with Gasteiger partial charge >= 0.3 is 0 Å². The van der Waals surface area contributed by atoms with Crippen molar-refractivity contribution in [2.75, 3.05) is 5.75 Å². The number of rotatable bonds is 3. The highest BCUT2D eigenvalue weighted by molar-refractivity contribution is 8.14. The minimum atomic E-state index is 0.0510. The zero-order valence-electron chi connectivity index (χ0n) is 15.2. The molecule has 0 radical (unpaired) electrons. The van der Waals surface area contributed by atoms with Crippen molar-refractivity contribution in [3.05, 3.63) is 64.7 Å². The minimum absolute atomic E-state index is 0.0510. The van der Waals surface area contributed by atoms with Gasteiger partial charge in [0, 0.05) is 17.4 Å². The first-order valence-electron chi connectivity index (χ1n) is 8.68. The summed E-state index contributed by atoms with van der Waals surface area (Å²) in [5.74, 6) is 0.951. The zero-order valence-corrected chi connectivity index (χ0v) is 16.1. The van der Waals surface area contributed by atoms with E-state index in [0.717, 1.165) is 39.7 Å². The minimum Gasteiger partial charge on any atom is -0.283 e. The van der Waals surface area contributed by atoms with E-state index in [4.69, 9.17) is 4.99 Å². The van der Waals surface area contributed by atoms with Crippen LogP contribution in [0.1, 0.15) is 40.4 Å². The molecule has 2 aromatic carbocycles. The van der Waals surface area contributed by atoms with Gasteiger partial charge in [0.2, 0.25) is 0 Å². The molecular weight excluding hydrogens is 328 g/mol. The number of aliphatic imine (C=N–C) groups is 1. The Kier molecular flexibility index (Phi) is 5.28. The first-order valence-corrected chi connectivity index (χ1v) is 9.66. The monoisotopic (exact) mass is 352 g/mol. The molecular formula is C21H24N2OS. The van der Waals surface area contributed by atoms with Crippen molar-refractivity contribution in [3.63, 3.8) is 0 Å². The van der Waals surface area contributed by atoms with Gasteiger partial charge in [0.05, 0.1) is 5.69 Å². The van der Waals surface area contributed by atoms with Gasteiger partial charge in [-0.05, 0) is 57.0 Å². The molecule has 3 nitrogen and oxygen atoms in total. The number of benzene rings is 2. The van der Waals surface area contributed by atoms with Gasteiger partial charge in [0.25, 0.3) is 5.91 Å². The van der Waals surface area contributed by atoms with Gasteiger partial charge in [-0.25, -0.2) is 4.99 Å². The highest BCUT2D eigenvalue weighted by Gasteiger charge is 2.34. The number of amides is 1. The van der Waals surface area contributed by atoms with Crippen molar-refractivity contribution < 1.29 is 4.79 Å². The first-order chi connectivity index (χ1) is 12.0. The third kappa shape index (κ3) is 3.96. The van der Waals surface area contributed by atoms with Gasteiger partial charge in [0.1, 0.15) is 0 Å². The van der Waals surface area contributed by atoms with E-state index in [-0.39, 0.29) is 11.9 Å². The number of amidine groups is 1. The van der Waals surface area contributed by atoms with Crippen LogP contribution >= 0.6 is 11.8 Å². The van der Waals surface area contributed by atoms with Crippen LogP contribution in [0.5, 0.6) is 0 Å². The van der Waals surface area contributed by atoms with Crippen LogP contribution in [0.3, 0.4) is 0 Å². The molecule has 0 unspecified atom stereocenters. The molecule has 0 saturated carbocycles. The molecule has 25 heavy (non-hydrogen) atoms. The summed E-state index contributed by atoms with van der Waals surface area (Å²) in [5, 5.41) is 0.807. The highest BCUT2D eigenvalue weighted by Crippen LogP contribution is 2.30. The van der Waals surface area contributed by atoms with E-state index in [2.05, 4.69) is 26.0 Å². The van der Waals surface area contributed by atoms with E-state index in [1.54, 1.807) is 11.8 Å². The molecule has 0 bridgehead atoms. The number of hydrogen-bond donors (Lipinski definition) is 0. The summed E-state index contributed by atoms with van der Waals surface area (Å²) in [6.45, 7) is 8.24. The Morgan fingerprint density at radius 2 is 1.84 bits per heavy atom. The molecule has 4 heteroatoms. The summed E-state index contributed by atoms with van der Waals surface area (Å²) in [6, 6.07) is 14.3. The van der Waals surface area contributed by atoms with E-state index in [9.17, 15) is 4.79 Å². The van der Waals surface area contributed by atoms with Crippen molar-refractivity contribution in [1.82, 2.24) is 4.90 Å². The van der Waals surface area contributed by atoms with Crippen molar-refractivity contribution in [2.45, 2.75) is 40.2 Å². The summed E-state index contributed by atoms with van der Waals surface area (Å²) in [6.07, 6.45) is 0.927. The number of hydrogen-bond acceptors (Lipinski definition) is 3. The molecule has 130 valence electrons. The molecule has 2 aromatic rings. The van der Waals surface area contributed by atoms with E-state index >= 15 is 0 Å². The van der Waals surface area contributed by atoms with Crippen LogP contribution in [0.4, 0.5) is 5.69 Å². The summed E-state index contributed by atoms with van der Waals surface area (Å²) < 4.78 is 0. The average Bonchev–Trinajstić information content (AvgIpc) is 2.96. The fourth-order valence-electron chi connectivity index (χ4n) is 3.16. The van der Waals surface area contributed by atoms with Crippen molar-refractivity contribution in [2.24, 2.45) is 4.99 Å². The van der Waals surface area contributed by atoms with Crippen molar-refractivity contribution in [3.8, 4) is 0 Å². The lowest BCUT2D eigenvalue weighted by Gasteiger charge is -2.23. The van der Waals surface area contributed by atoms with Crippen LogP contribution in [0.2, 0.25) is 0 Å². The summed E-state index contributed by atoms with van der Waals surface area (Å²) in [7, 11) is 0. The summed E-state index contributed by atoms with van der Waals surface area (Å²) >= 11 is 1.67. The van der Waals surface area contributed by atoms with E-state index < -0.39 is 0 Å². The largest absolute Gasteiger partial charge is 0.283 e. The standard InChI is InChI=1S/C21H24N2OS/c1-5-19-13-25-21(22-18-8-6-7-14(2)12-18)23(19)20(24)17-10-15(3)9-16(4)11-17/h6-12,19H,5,13H2,1-4H3/t19-/m1/s1. The lowest BCUT2D eigenvalue weighted by atomic mass is 10.1. The van der Waals surface area contributed by atoms with Gasteiger partial charge in [-0.3, -0.25) is 9.69 Å². The van der Waals surface area contributed by atoms with Crippen LogP contribution in [-0.4, -0.2) is 27.8 Å². The average molecular weight is 353 g/mol. The molecule has 1 amide bonds. The molecule has 0 N–H and O–H groups in total. The number of carbonyl (C=O) groups is 1. The third-order valence-corrected chi connectivity index (χ3v) is 5.46. The molecule has 1 aliphatic heterocycles. The van der Waals surface area contributed by atoms with E-state index in [0.29, 0.717) is 0 Å². The van der Waals surface area contributed by atoms with Crippen LogP contribution < -0.4 is 0 Å². The smallest absolute Gasteiger partial charge is 0.260 e. The van der Waals surface area contributed by atoms with Crippen LogP contribution in [0.15, 0.2) is 47.5 Å². The van der Waals surface area contributed by atoms with Gasteiger partial charge in [-0.15, -0.1) is 0 Å². The topological polar surface area (TPSA) is 32.7 Å². The number of carbonyl (C=O) groups excluding carboxylic acids is 1. The number of thioether (sulfide) groups is 1. The van der Waals surface area contributed by atoms with E-state index in [1.165, 1.54) is 5.56 Å². The summed E-state index contributed by atoms with van der Waals surface area (Å²) in [5.41, 5.74) is 5.04. The highest BCUT2D eigenvalue weighted by atomic mass is 32.2. The molecule has 1 fully saturated rings. The quantitative estimate of drug-likeness (QED) is 0.754. The number of nitrogens with zero attached hydrogens (tertiary/aromatic N) is 2. The predicted octanol–water partition coefficient (Wildman–Crippen LogP) is 5.27. The summed E-state index contributed by atoms with van der Waals surface area (Å²) in [4.78, 5) is 19.9. The Hall–Kier alpha value is -2.07. The van der Waals surface area contributed by atoms with Crippen LogP contribution in [0.25, 0.3) is 0 Å². The lowest BCUT2D eigenvalue weighted by Crippen LogP contribution is -2.39. The molecule has 0 aliphatic carbocycles. The van der Waals surface area contributed by atoms with E-state index in [1.807, 2.05) is 49.1 Å². The zero-order chi connectivity index (χ0) is 18.0. The van der Waals surface area contributed by atoms with Gasteiger partial charge in [0.15, 0.2) is 5.17 Å². The Labute approximate surface area is 154 Å². The Morgan fingerprint density at radius 3 is 2.48 bits per heavy atom. The maximum atomic E-state index is 13.2. The van der Waals surface area contributed by atoms with Crippen molar-refractivity contribution in [1.29, 1.82) is 0 Å². The number of aryl methyl sites for hydroxylation is 3. The SMILES string of the molecule is CC[C@@H]1CSC(=Nc2cccc(C)c2)N1C(=O)c1cc(C)cc(C)c1. The molecule has 1 heterocycles. The fourth-order valence-corrected chi connectivity index (χ4v) is 4.42. The van der Waals surface area contributed by atoms with Crippen molar-refractivity contribution >= 4 is 28.5 Å². The first kappa shape index (κ1) is 17.7. The van der Waals surface area contributed by atoms with Gasteiger partial charge in [-0.1, -0.05) is 48.0 Å². The molecule has 0 aromatic heterocycles. The predicted molar refractivity (Wildman–Crippen MR) is 107 cm³/mol. The van der Waals surface area contributed by atoms with Gasteiger partial charge in [-0.2, -0.15) is 0 Å². The second-order valence-corrected chi connectivity index (χ2v) is 7.65. The lowest BCUT2D eigenvalue weighted by molar-refractivity contribution is 0.0819. The molecule has 1 atom stereocenters. The maximum Gasteiger partial charge on any atom is 0.260 e. The van der Waals surface area contributed by atoms with Gasteiger partial charge < -0.3 is 0 Å². The Bertz CT molecular complexity index is 808. The Morgan fingerprint density at radius 1 is 1.12 bits per heavy atom. The maximum absolute atomic E-state index is 13.2. The molecule has 3 rings (SSSR count). The fraction of sp³-hybridized carbons (Fsp3) is 0.333. The molecule has 1 saturated heterocycles. The molecule has 0 spiro atoms. The molecule has 1 aliphatic rings. The third-order valence-electron chi connectivity index (χ3n) is 4.36. The van der Waals surface area contributed by atoms with Crippen LogP contribution in [0, 0.1) is 20.8 Å². The second-order valence-electron chi connectivity index (χ2n) is 6.66.